The third kappa shape index (κ3) is 103. The van der Waals surface area contributed by atoms with Crippen molar-refractivity contribution >= 4 is 0 Å². The van der Waals surface area contributed by atoms with E-state index in [2.05, 4.69) is 195 Å². The van der Waals surface area contributed by atoms with Gasteiger partial charge in [0.25, 0.3) is 0 Å². The Labute approximate surface area is 593 Å². The van der Waals surface area contributed by atoms with Crippen LogP contribution in [-0.2, 0) is 0 Å². The molecule has 89 heavy (non-hydrogen) atoms. The van der Waals surface area contributed by atoms with Crippen molar-refractivity contribution in [3.8, 4) is 0 Å². The van der Waals surface area contributed by atoms with Crippen LogP contribution in [0.15, 0.2) is 0 Å². The van der Waals surface area contributed by atoms with E-state index in [-0.39, 0.29) is 54.2 Å². The lowest BCUT2D eigenvalue weighted by Crippen LogP contribution is -3.00. The first kappa shape index (κ1) is 121. The quantitative estimate of drug-likeness (QED) is 0.0564. The van der Waals surface area contributed by atoms with E-state index in [1.165, 1.54) is 282 Å². The molecule has 0 saturated heterocycles. The molecule has 0 aromatic heterocycles. The van der Waals surface area contributed by atoms with Gasteiger partial charge in [0.2, 0.25) is 0 Å². The fourth-order valence-electron chi connectivity index (χ4n) is 10.5. The molecule has 560 valence electrons. The Morgan fingerprint density at radius 1 is 0.191 bits per heavy atom. The van der Waals surface area contributed by atoms with Crippen LogP contribution in [0.4, 0.5) is 0 Å². The summed E-state index contributed by atoms with van der Waals surface area (Å²) in [7, 11) is 7.11. The van der Waals surface area contributed by atoms with Crippen molar-refractivity contribution < 1.29 is 143 Å². The molecule has 0 aromatic rings. The number of quaternary nitrogens is 7. The lowest BCUT2D eigenvalue weighted by molar-refractivity contribution is -2.00. The van der Waals surface area contributed by atoms with Gasteiger partial charge in [-0.1, -0.05) is 134 Å². The fraction of sp³-hybridized carbons (Fsp3) is 1.00. The van der Waals surface area contributed by atoms with Gasteiger partial charge in [-0.05, 0) is 132 Å². The zero-order valence-corrected chi connectivity index (χ0v) is 70.3. The molecule has 15 nitrogen and oxygen atoms in total. The molecule has 0 atom stereocenters. The molecule has 0 unspecified atom stereocenters. The maximum absolute atomic E-state index is 8.49. The molecule has 0 amide bonds. The number of unbranched alkanes of at least 4 members (excludes halogenated alkanes) is 8. The Kier molecular flexibility index (Phi) is 104. The second kappa shape index (κ2) is 76.7. The number of hydrogen-bond acceptors (Lipinski definition) is 8. The van der Waals surface area contributed by atoms with E-state index in [1.54, 1.807) is 0 Å². The maximum Gasteiger partial charge on any atom is 0.0786 e. The van der Waals surface area contributed by atoms with Crippen molar-refractivity contribution in [2.45, 2.75) is 267 Å². The first-order valence-electron chi connectivity index (χ1n) is 35.3. The molecular formula is C68H164BrCl5N7O8+. The van der Waals surface area contributed by atoms with Crippen molar-refractivity contribution in [3.05, 3.63) is 0 Å². The summed E-state index contributed by atoms with van der Waals surface area (Å²) in [5, 5.41) is 0. The van der Waals surface area contributed by atoms with E-state index in [0.717, 1.165) is 8.97 Å². The highest BCUT2D eigenvalue weighted by Crippen LogP contribution is 2.18. The SMILES string of the molecule is CCCC[N+](CCCC)(CCCC)CCCC.CCCC[N+](CCCC)(CCCC)CCCC.CCC[N+](CCC)(CCC)CCC.CC[N+](CC)(CC)CC.CC[N+](CC)(CC)CC.C[N+](C)(C)C.C[N+](C)(C)C.[Br-].[Cl-].[Cl-].[Cl-].[O-][Cl+3]([O-])([O-])[O-].[O-][Cl+3]([O-])([O-])[O-]. The van der Waals surface area contributed by atoms with Crippen LogP contribution >= 0.6 is 0 Å². The van der Waals surface area contributed by atoms with Crippen molar-refractivity contribution in [2.75, 3.05) is 187 Å². The van der Waals surface area contributed by atoms with Crippen LogP contribution < -0.4 is 91.5 Å². The maximum atomic E-state index is 8.49. The third-order valence-electron chi connectivity index (χ3n) is 16.0. The van der Waals surface area contributed by atoms with Gasteiger partial charge in [-0.15, -0.1) is 20.5 Å². The minimum atomic E-state index is -4.94. The van der Waals surface area contributed by atoms with Gasteiger partial charge in [-0.25, -0.2) is 37.3 Å². The molecule has 0 aromatic carbocycles. The number of hydrogen-bond donors (Lipinski definition) is 0. The molecule has 0 fully saturated rings. The first-order chi connectivity index (χ1) is 39.2. The summed E-state index contributed by atoms with van der Waals surface area (Å²) in [6.07, 6.45) is 27.5. The van der Waals surface area contributed by atoms with Crippen molar-refractivity contribution in [3.63, 3.8) is 0 Å². The lowest BCUT2D eigenvalue weighted by atomic mass is 10.1. The molecule has 0 saturated carbocycles. The highest BCUT2D eigenvalue weighted by atomic mass is 79.9. The van der Waals surface area contributed by atoms with Gasteiger partial charge in [0.05, 0.1) is 187 Å². The van der Waals surface area contributed by atoms with Gasteiger partial charge >= 0.3 is 0 Å². The largest absolute Gasteiger partial charge is 1.00 e. The second-order valence-electron chi connectivity index (χ2n) is 26.9. The third-order valence-corrected chi connectivity index (χ3v) is 16.0. The summed E-state index contributed by atoms with van der Waals surface area (Å²) in [4.78, 5) is 0. The number of halogens is 6. The molecule has 0 aliphatic rings. The Hall–Kier alpha value is 1.33. The molecule has 0 bridgehead atoms. The Bertz CT molecular complexity index is 1020. The zero-order chi connectivity index (χ0) is 68.8. The Morgan fingerprint density at radius 2 is 0.281 bits per heavy atom. The van der Waals surface area contributed by atoms with Gasteiger partial charge in [-0.2, -0.15) is 0 Å². The molecular weight excluding hydrogens is 1300 g/mol. The fourth-order valence-corrected chi connectivity index (χ4v) is 10.5. The van der Waals surface area contributed by atoms with Crippen molar-refractivity contribution in [1.82, 2.24) is 0 Å². The smallest absolute Gasteiger partial charge is 0.0786 e. The zero-order valence-electron chi connectivity index (χ0n) is 64.9. The van der Waals surface area contributed by atoms with Crippen LogP contribution in [0.5, 0.6) is 0 Å². The van der Waals surface area contributed by atoms with Crippen LogP contribution in [0.1, 0.15) is 267 Å². The van der Waals surface area contributed by atoms with Crippen LogP contribution in [0.3, 0.4) is 0 Å². The van der Waals surface area contributed by atoms with Gasteiger partial charge in [0.1, 0.15) is 0 Å². The highest BCUT2D eigenvalue weighted by Gasteiger charge is 2.27. The summed E-state index contributed by atoms with van der Waals surface area (Å²) in [6, 6.07) is 0. The Morgan fingerprint density at radius 3 is 0.337 bits per heavy atom. The minimum Gasteiger partial charge on any atom is -1.00 e. The van der Waals surface area contributed by atoms with Crippen molar-refractivity contribution in [1.29, 1.82) is 0 Å². The van der Waals surface area contributed by atoms with Crippen LogP contribution in [0.25, 0.3) is 0 Å². The van der Waals surface area contributed by atoms with Crippen LogP contribution in [0, 0.1) is 20.5 Å². The summed E-state index contributed by atoms with van der Waals surface area (Å²) in [5.41, 5.74) is 0. The topological polar surface area (TPSA) is 184 Å². The van der Waals surface area contributed by atoms with E-state index in [4.69, 9.17) is 37.3 Å². The minimum absolute atomic E-state index is 0. The average Bonchev–Trinajstić information content (AvgIpc) is 3.41. The molecule has 0 spiro atoms. The standard InChI is InChI=1S/2C16H36N.C12H28N.2C8H20N.2C4H12N.BrH.2ClHO4.3ClH/c2*1-5-9-13-17(14-10-6-2,15-11-7-3)16-12-8-4;1-5-9-13(10-6-2,11-7-3)12-8-4;2*1-5-9(6-2,7-3)8-4;2*1-5(2,3)4;;2*2-1(3,4)5;;;/h2*5-16H2,1-4H3;5-12H2,1-4H3;2*5-8H2,1-4H3;2*1-4H3;1H;2*(H,2,3,4,5);3*1H/q7*+1;;;;;;/p-6. The van der Waals surface area contributed by atoms with Gasteiger partial charge in [-0.3, -0.25) is 0 Å². The average molecular weight is 1470 g/mol. The predicted octanol–water partition coefficient (Wildman–Crippen LogP) is -3.64. The molecule has 0 heterocycles. The van der Waals surface area contributed by atoms with E-state index in [1.807, 2.05) is 0 Å². The number of rotatable bonds is 40. The monoisotopic (exact) mass is 1460 g/mol. The van der Waals surface area contributed by atoms with E-state index < -0.39 is 20.5 Å². The highest BCUT2D eigenvalue weighted by molar-refractivity contribution is 4.51. The summed E-state index contributed by atoms with van der Waals surface area (Å²) < 4.78 is 76.7. The summed E-state index contributed by atoms with van der Waals surface area (Å²) >= 11 is 0. The number of nitrogens with zero attached hydrogens (tertiary/aromatic N) is 7. The summed E-state index contributed by atoms with van der Waals surface area (Å²) in [5.74, 6) is 0. The van der Waals surface area contributed by atoms with Crippen LogP contribution in [-0.4, -0.2) is 219 Å². The van der Waals surface area contributed by atoms with Gasteiger partial charge < -0.3 is 85.6 Å². The first-order valence-corrected chi connectivity index (χ1v) is 37.7. The normalized spacial score (nSPS) is 11.5. The van der Waals surface area contributed by atoms with Crippen LogP contribution in [0.2, 0.25) is 0 Å². The molecule has 0 aliphatic carbocycles. The molecule has 0 N–H and O–H groups in total. The molecule has 0 rings (SSSR count). The van der Waals surface area contributed by atoms with E-state index in [9.17, 15) is 0 Å². The second-order valence-corrected chi connectivity index (χ2v) is 28.4. The lowest BCUT2D eigenvalue weighted by Gasteiger charge is -2.39. The molecule has 0 aliphatic heterocycles. The predicted molar refractivity (Wildman–Crippen MR) is 352 cm³/mol. The molecule has 0 radical (unpaired) electrons. The van der Waals surface area contributed by atoms with Crippen molar-refractivity contribution in [2.24, 2.45) is 0 Å². The van der Waals surface area contributed by atoms with E-state index >= 15 is 0 Å². The van der Waals surface area contributed by atoms with Gasteiger partial charge in [0, 0.05) is 0 Å². The molecule has 21 heteroatoms. The van der Waals surface area contributed by atoms with Gasteiger partial charge in [0.15, 0.2) is 0 Å². The Balaban J connectivity index is -0.0000000686. The van der Waals surface area contributed by atoms with E-state index in [0.29, 0.717) is 0 Å². The summed E-state index contributed by atoms with van der Waals surface area (Å²) in [6.45, 7) is 73.3.